The van der Waals surface area contributed by atoms with E-state index in [1.807, 2.05) is 0 Å². The van der Waals surface area contributed by atoms with Gasteiger partial charge in [0.05, 0.1) is 6.10 Å². The van der Waals surface area contributed by atoms with Crippen molar-refractivity contribution in [2.75, 3.05) is 6.61 Å². The van der Waals surface area contributed by atoms with Crippen LogP contribution < -0.4 is 0 Å². The maximum Gasteiger partial charge on any atom is 0.336 e. The number of carboxylic acids is 1. The van der Waals surface area contributed by atoms with Gasteiger partial charge in [0, 0.05) is 12.5 Å². The lowest BCUT2D eigenvalue weighted by atomic mass is 9.72. The zero-order valence-corrected chi connectivity index (χ0v) is 11.1. The van der Waals surface area contributed by atoms with Crippen molar-refractivity contribution in [2.45, 2.75) is 52.2 Å². The second kappa shape index (κ2) is 5.36. The van der Waals surface area contributed by atoms with Gasteiger partial charge in [-0.1, -0.05) is 27.7 Å². The molecule has 3 unspecified atom stereocenters. The number of carboxylic acid groups (broad SMARTS) is 1. The van der Waals surface area contributed by atoms with Crippen molar-refractivity contribution in [2.24, 2.45) is 17.8 Å². The average molecular weight is 244 g/mol. The third kappa shape index (κ3) is 2.80. The highest BCUT2D eigenvalue weighted by molar-refractivity contribution is 5.78. The molecule has 1 aliphatic heterocycles. The molecule has 1 aliphatic rings. The molecule has 3 atom stereocenters. The Kier molecular flexibility index (Phi) is 4.55. The van der Waals surface area contributed by atoms with E-state index in [2.05, 4.69) is 13.8 Å². The van der Waals surface area contributed by atoms with E-state index >= 15 is 0 Å². The largest absolute Gasteiger partial charge is 0.479 e. The summed E-state index contributed by atoms with van der Waals surface area (Å²) in [5, 5.41) is 19.7. The molecule has 0 aromatic heterocycles. The zero-order valence-electron chi connectivity index (χ0n) is 11.1. The van der Waals surface area contributed by atoms with Gasteiger partial charge in [-0.2, -0.15) is 0 Å². The number of ether oxygens (including phenoxy) is 1. The summed E-state index contributed by atoms with van der Waals surface area (Å²) in [5.41, 5.74) is -1.63. The van der Waals surface area contributed by atoms with Crippen LogP contribution in [0.15, 0.2) is 0 Å². The minimum Gasteiger partial charge on any atom is -0.479 e. The molecule has 0 spiro atoms. The molecule has 1 saturated heterocycles. The summed E-state index contributed by atoms with van der Waals surface area (Å²) in [6, 6.07) is 0. The number of carbonyl (C=O) groups is 1. The number of aliphatic carboxylic acids is 1. The lowest BCUT2D eigenvalue weighted by molar-refractivity contribution is -0.181. The Morgan fingerprint density at radius 3 is 2.35 bits per heavy atom. The van der Waals surface area contributed by atoms with Crippen LogP contribution in [0.5, 0.6) is 0 Å². The highest BCUT2D eigenvalue weighted by Gasteiger charge is 2.48. The molecular formula is C13H24O4. The van der Waals surface area contributed by atoms with Crippen molar-refractivity contribution in [3.63, 3.8) is 0 Å². The van der Waals surface area contributed by atoms with E-state index < -0.39 is 11.6 Å². The van der Waals surface area contributed by atoms with E-state index in [-0.39, 0.29) is 17.9 Å². The number of rotatable bonds is 4. The van der Waals surface area contributed by atoms with Gasteiger partial charge >= 0.3 is 5.97 Å². The first kappa shape index (κ1) is 14.5. The molecule has 0 amide bonds. The SMILES string of the molecule is CC(C)C1CC(C(O)(C(=O)O)C(C)C)CCO1. The fraction of sp³-hybridized carbons (Fsp3) is 0.923. The quantitative estimate of drug-likeness (QED) is 0.792. The second-order valence-corrected chi connectivity index (χ2v) is 5.66. The Morgan fingerprint density at radius 1 is 1.35 bits per heavy atom. The summed E-state index contributed by atoms with van der Waals surface area (Å²) in [4.78, 5) is 11.3. The maximum atomic E-state index is 11.3. The molecular weight excluding hydrogens is 220 g/mol. The Labute approximate surface area is 103 Å². The van der Waals surface area contributed by atoms with E-state index in [1.54, 1.807) is 13.8 Å². The van der Waals surface area contributed by atoms with Crippen LogP contribution in [-0.4, -0.2) is 34.5 Å². The van der Waals surface area contributed by atoms with Gasteiger partial charge in [-0.15, -0.1) is 0 Å². The van der Waals surface area contributed by atoms with Crippen LogP contribution in [0.3, 0.4) is 0 Å². The molecule has 0 saturated carbocycles. The minimum atomic E-state index is -1.63. The zero-order chi connectivity index (χ0) is 13.2. The molecule has 0 aromatic rings. The molecule has 1 rings (SSSR count). The Hall–Kier alpha value is -0.610. The van der Waals surface area contributed by atoms with Gasteiger partial charge in [-0.05, 0) is 24.7 Å². The molecule has 100 valence electrons. The van der Waals surface area contributed by atoms with Crippen LogP contribution in [0.2, 0.25) is 0 Å². The molecule has 4 heteroatoms. The summed E-state index contributed by atoms with van der Waals surface area (Å²) in [5.74, 6) is -1.28. The first-order chi connectivity index (χ1) is 7.80. The minimum absolute atomic E-state index is 0.0541. The first-order valence-electron chi connectivity index (χ1n) is 6.37. The Bertz CT molecular complexity index is 275. The van der Waals surface area contributed by atoms with E-state index in [0.29, 0.717) is 25.4 Å². The fourth-order valence-corrected chi connectivity index (χ4v) is 2.59. The van der Waals surface area contributed by atoms with Crippen molar-refractivity contribution >= 4 is 5.97 Å². The number of hydrogen-bond donors (Lipinski definition) is 2. The van der Waals surface area contributed by atoms with Gasteiger partial charge in [0.15, 0.2) is 5.60 Å². The Morgan fingerprint density at radius 2 is 1.94 bits per heavy atom. The van der Waals surface area contributed by atoms with Crippen LogP contribution in [0, 0.1) is 17.8 Å². The molecule has 0 bridgehead atoms. The summed E-state index contributed by atoms with van der Waals surface area (Å²) in [7, 11) is 0. The monoisotopic (exact) mass is 244 g/mol. The van der Waals surface area contributed by atoms with Gasteiger partial charge in [0.1, 0.15) is 0 Å². The Balaban J connectivity index is 2.85. The van der Waals surface area contributed by atoms with Crippen LogP contribution >= 0.6 is 0 Å². The van der Waals surface area contributed by atoms with E-state index in [9.17, 15) is 15.0 Å². The molecule has 0 radical (unpaired) electrons. The van der Waals surface area contributed by atoms with Crippen LogP contribution in [-0.2, 0) is 9.53 Å². The highest BCUT2D eigenvalue weighted by atomic mass is 16.5. The molecule has 2 N–H and O–H groups in total. The topological polar surface area (TPSA) is 66.8 Å². The van der Waals surface area contributed by atoms with Crippen LogP contribution in [0.1, 0.15) is 40.5 Å². The second-order valence-electron chi connectivity index (χ2n) is 5.66. The van der Waals surface area contributed by atoms with Gasteiger partial charge in [0.25, 0.3) is 0 Å². The van der Waals surface area contributed by atoms with Gasteiger partial charge in [0.2, 0.25) is 0 Å². The standard InChI is InChI=1S/C13H24O4/c1-8(2)11-7-10(5-6-17-11)13(16,9(3)4)12(14)15/h8-11,16H,5-7H2,1-4H3,(H,14,15). The molecule has 0 aliphatic carbocycles. The van der Waals surface area contributed by atoms with Gasteiger partial charge in [-0.25, -0.2) is 4.79 Å². The maximum absolute atomic E-state index is 11.3. The molecule has 1 fully saturated rings. The summed E-state index contributed by atoms with van der Waals surface area (Å²) >= 11 is 0. The van der Waals surface area contributed by atoms with Gasteiger partial charge in [-0.3, -0.25) is 0 Å². The van der Waals surface area contributed by atoms with Crippen molar-refractivity contribution < 1.29 is 19.7 Å². The summed E-state index contributed by atoms with van der Waals surface area (Å²) in [6.45, 7) is 8.17. The van der Waals surface area contributed by atoms with Crippen molar-refractivity contribution in [1.29, 1.82) is 0 Å². The third-order valence-electron chi connectivity index (χ3n) is 3.90. The van der Waals surface area contributed by atoms with Crippen molar-refractivity contribution in [3.05, 3.63) is 0 Å². The van der Waals surface area contributed by atoms with E-state index in [1.165, 1.54) is 0 Å². The van der Waals surface area contributed by atoms with Crippen molar-refractivity contribution in [3.8, 4) is 0 Å². The van der Waals surface area contributed by atoms with E-state index in [0.717, 1.165) is 0 Å². The molecule has 17 heavy (non-hydrogen) atoms. The fourth-order valence-electron chi connectivity index (χ4n) is 2.59. The lowest BCUT2D eigenvalue weighted by Gasteiger charge is -2.41. The predicted octanol–water partition coefficient (Wildman–Crippen LogP) is 1.91. The van der Waals surface area contributed by atoms with Crippen LogP contribution in [0.4, 0.5) is 0 Å². The van der Waals surface area contributed by atoms with E-state index in [4.69, 9.17) is 4.74 Å². The van der Waals surface area contributed by atoms with Crippen LogP contribution in [0.25, 0.3) is 0 Å². The van der Waals surface area contributed by atoms with Gasteiger partial charge < -0.3 is 14.9 Å². The van der Waals surface area contributed by atoms with Crippen molar-refractivity contribution in [1.82, 2.24) is 0 Å². The summed E-state index contributed by atoms with van der Waals surface area (Å²) in [6.07, 6.45) is 1.29. The number of hydrogen-bond acceptors (Lipinski definition) is 3. The normalized spacial score (nSPS) is 29.4. The number of aliphatic hydroxyl groups is 1. The lowest BCUT2D eigenvalue weighted by Crippen LogP contribution is -2.53. The molecule has 4 nitrogen and oxygen atoms in total. The molecule has 1 heterocycles. The summed E-state index contributed by atoms with van der Waals surface area (Å²) < 4.78 is 5.62. The molecule has 0 aromatic carbocycles. The average Bonchev–Trinajstić information content (AvgIpc) is 2.27. The smallest absolute Gasteiger partial charge is 0.336 e. The first-order valence-corrected chi connectivity index (χ1v) is 6.37. The highest BCUT2D eigenvalue weighted by Crippen LogP contribution is 2.37. The third-order valence-corrected chi connectivity index (χ3v) is 3.90. The predicted molar refractivity (Wildman–Crippen MR) is 64.7 cm³/mol.